The van der Waals surface area contributed by atoms with Crippen molar-refractivity contribution in [2.45, 2.75) is 44.4 Å². The van der Waals surface area contributed by atoms with Crippen LogP contribution in [0.2, 0.25) is 0 Å². The van der Waals surface area contributed by atoms with Gasteiger partial charge in [0.05, 0.1) is 4.92 Å². The molecule has 0 N–H and O–H groups in total. The van der Waals surface area contributed by atoms with E-state index < -0.39 is 10.5 Å². The average Bonchev–Trinajstić information content (AvgIpc) is 3.00. The largest absolute Gasteiger partial charge is 0.444 e. The van der Waals surface area contributed by atoms with Crippen LogP contribution in [0.5, 0.6) is 0 Å². The average molecular weight is 393 g/mol. The van der Waals surface area contributed by atoms with Gasteiger partial charge >= 0.3 is 6.09 Å². The predicted octanol–water partition coefficient (Wildman–Crippen LogP) is 4.48. The summed E-state index contributed by atoms with van der Waals surface area (Å²) in [5.74, 6) is 1.08. The number of nitro benzene ring substituents is 1. The van der Waals surface area contributed by atoms with Gasteiger partial charge in [-0.3, -0.25) is 10.1 Å². The van der Waals surface area contributed by atoms with Gasteiger partial charge < -0.3 is 14.1 Å². The number of non-ortho nitro benzene ring substituents is 1. The van der Waals surface area contributed by atoms with E-state index in [1.165, 1.54) is 23.9 Å². The van der Waals surface area contributed by atoms with E-state index in [1.807, 2.05) is 20.8 Å². The van der Waals surface area contributed by atoms with E-state index in [2.05, 4.69) is 4.98 Å². The van der Waals surface area contributed by atoms with E-state index in [0.717, 1.165) is 18.6 Å². The highest BCUT2D eigenvalue weighted by molar-refractivity contribution is 7.99. The minimum atomic E-state index is -0.500. The van der Waals surface area contributed by atoms with Crippen molar-refractivity contribution in [1.29, 1.82) is 0 Å². The standard InChI is InChI=1S/C18H23N3O5S/c1-18(2,3)26-17(22)20-8-4-5-12(10-20)11-27-16-19-14-9-13(21(23)24)6-7-15(14)25-16/h6-7,9,12H,4-5,8,10-11H2,1-3H3/t12-/m1/s1. The molecular weight excluding hydrogens is 370 g/mol. The SMILES string of the molecule is CC(C)(C)OC(=O)N1CCC[C@@H](CSc2nc3cc([N+](=O)[O-])ccc3o2)C1. The highest BCUT2D eigenvalue weighted by Crippen LogP contribution is 2.30. The van der Waals surface area contributed by atoms with Gasteiger partial charge in [-0.2, -0.15) is 0 Å². The summed E-state index contributed by atoms with van der Waals surface area (Å²) < 4.78 is 11.1. The number of benzene rings is 1. The van der Waals surface area contributed by atoms with Crippen molar-refractivity contribution < 1.29 is 18.9 Å². The van der Waals surface area contributed by atoms with Crippen LogP contribution in [-0.4, -0.2) is 45.3 Å². The number of likely N-dealkylation sites (tertiary alicyclic amines) is 1. The molecule has 0 spiro atoms. The third-order valence-corrected chi connectivity index (χ3v) is 5.24. The Bertz CT molecular complexity index is 845. The van der Waals surface area contributed by atoms with Gasteiger partial charge in [0.2, 0.25) is 0 Å². The molecule has 1 aromatic heterocycles. The third kappa shape index (κ3) is 5.12. The van der Waals surface area contributed by atoms with Gasteiger partial charge in [-0.1, -0.05) is 11.8 Å². The highest BCUT2D eigenvalue weighted by atomic mass is 32.2. The first-order valence-electron chi connectivity index (χ1n) is 8.87. The summed E-state index contributed by atoms with van der Waals surface area (Å²) >= 11 is 1.47. The molecule has 9 heteroatoms. The summed E-state index contributed by atoms with van der Waals surface area (Å²) in [4.78, 5) is 28.7. The number of thioether (sulfide) groups is 1. The smallest absolute Gasteiger partial charge is 0.410 e. The van der Waals surface area contributed by atoms with Crippen LogP contribution in [0.15, 0.2) is 27.8 Å². The predicted molar refractivity (Wildman–Crippen MR) is 102 cm³/mol. The first-order chi connectivity index (χ1) is 12.7. The Morgan fingerprint density at radius 2 is 2.26 bits per heavy atom. The van der Waals surface area contributed by atoms with E-state index >= 15 is 0 Å². The zero-order valence-corrected chi connectivity index (χ0v) is 16.5. The molecule has 2 aromatic rings. The van der Waals surface area contributed by atoms with Crippen molar-refractivity contribution in [2.75, 3.05) is 18.8 Å². The van der Waals surface area contributed by atoms with Gasteiger partial charge in [-0.05, 0) is 45.6 Å². The second-order valence-corrected chi connectivity index (χ2v) is 8.61. The number of nitro groups is 1. The lowest BCUT2D eigenvalue weighted by Crippen LogP contribution is -2.43. The number of amides is 1. The third-order valence-electron chi connectivity index (χ3n) is 4.18. The number of nitrogens with zero attached hydrogens (tertiary/aromatic N) is 3. The van der Waals surface area contributed by atoms with E-state index in [-0.39, 0.29) is 11.8 Å². The summed E-state index contributed by atoms with van der Waals surface area (Å²) in [7, 11) is 0. The van der Waals surface area contributed by atoms with Crippen LogP contribution >= 0.6 is 11.8 Å². The summed E-state index contributed by atoms with van der Waals surface area (Å²) in [5, 5.41) is 11.3. The second-order valence-electron chi connectivity index (χ2n) is 7.63. The van der Waals surface area contributed by atoms with E-state index in [0.29, 0.717) is 35.3 Å². The van der Waals surface area contributed by atoms with Gasteiger partial charge in [-0.25, -0.2) is 9.78 Å². The fourth-order valence-corrected chi connectivity index (χ4v) is 3.91. The zero-order valence-electron chi connectivity index (χ0n) is 15.6. The number of rotatable bonds is 4. The fraction of sp³-hybridized carbons (Fsp3) is 0.556. The molecule has 1 saturated heterocycles. The van der Waals surface area contributed by atoms with Gasteiger partial charge in [-0.15, -0.1) is 0 Å². The summed E-state index contributed by atoms with van der Waals surface area (Å²) in [6.07, 6.45) is 1.69. The molecule has 0 bridgehead atoms. The zero-order chi connectivity index (χ0) is 19.6. The Hall–Kier alpha value is -2.29. The molecule has 0 aliphatic carbocycles. The number of aromatic nitrogens is 1. The monoisotopic (exact) mass is 393 g/mol. The van der Waals surface area contributed by atoms with Crippen LogP contribution in [-0.2, 0) is 4.74 Å². The molecule has 8 nitrogen and oxygen atoms in total. The molecule has 146 valence electrons. The minimum Gasteiger partial charge on any atom is -0.444 e. The number of hydrogen-bond donors (Lipinski definition) is 0. The summed E-state index contributed by atoms with van der Waals surface area (Å²) in [5.41, 5.74) is 0.500. The van der Waals surface area contributed by atoms with Crippen molar-refractivity contribution in [3.05, 3.63) is 28.3 Å². The van der Waals surface area contributed by atoms with Crippen LogP contribution in [0, 0.1) is 16.0 Å². The molecule has 1 fully saturated rings. The van der Waals surface area contributed by atoms with Gasteiger partial charge in [0.15, 0.2) is 5.58 Å². The maximum atomic E-state index is 12.2. The topological polar surface area (TPSA) is 98.7 Å². The minimum absolute atomic E-state index is 0.00682. The molecule has 27 heavy (non-hydrogen) atoms. The first kappa shape index (κ1) is 19.5. The number of piperidine rings is 1. The molecule has 1 aromatic carbocycles. The Labute approximate surface area is 161 Å². The summed E-state index contributed by atoms with van der Waals surface area (Å²) in [6, 6.07) is 4.38. The van der Waals surface area contributed by atoms with Crippen LogP contribution in [0.1, 0.15) is 33.6 Å². The highest BCUT2D eigenvalue weighted by Gasteiger charge is 2.28. The quantitative estimate of drug-likeness (QED) is 0.429. The Morgan fingerprint density at radius 3 is 2.96 bits per heavy atom. The number of oxazole rings is 1. The van der Waals surface area contributed by atoms with Crippen molar-refractivity contribution in [3.63, 3.8) is 0 Å². The normalized spacial score (nSPS) is 17.9. The van der Waals surface area contributed by atoms with Crippen LogP contribution in [0.3, 0.4) is 0 Å². The summed E-state index contributed by atoms with van der Waals surface area (Å²) in [6.45, 7) is 6.94. The molecule has 1 aliphatic heterocycles. The lowest BCUT2D eigenvalue weighted by Gasteiger charge is -2.33. The molecule has 1 atom stereocenters. The van der Waals surface area contributed by atoms with Crippen LogP contribution in [0.25, 0.3) is 11.1 Å². The molecule has 1 amide bonds. The molecule has 1 aliphatic rings. The maximum Gasteiger partial charge on any atom is 0.410 e. The van der Waals surface area contributed by atoms with Gasteiger partial charge in [0.25, 0.3) is 10.9 Å². The molecule has 2 heterocycles. The Balaban J connectivity index is 1.58. The van der Waals surface area contributed by atoms with Gasteiger partial charge in [0, 0.05) is 31.0 Å². The van der Waals surface area contributed by atoms with Crippen LogP contribution in [0.4, 0.5) is 10.5 Å². The second kappa shape index (κ2) is 7.75. The van der Waals surface area contributed by atoms with Crippen LogP contribution < -0.4 is 0 Å². The van der Waals surface area contributed by atoms with E-state index in [9.17, 15) is 14.9 Å². The molecule has 0 saturated carbocycles. The number of carbonyl (C=O) groups is 1. The number of hydrogen-bond acceptors (Lipinski definition) is 7. The Kier molecular flexibility index (Phi) is 5.59. The van der Waals surface area contributed by atoms with Crippen molar-refractivity contribution >= 4 is 34.6 Å². The molecule has 0 radical (unpaired) electrons. The lowest BCUT2D eigenvalue weighted by atomic mass is 10.0. The van der Waals surface area contributed by atoms with Gasteiger partial charge in [0.1, 0.15) is 11.1 Å². The Morgan fingerprint density at radius 1 is 1.48 bits per heavy atom. The number of carbonyl (C=O) groups excluding carboxylic acids is 1. The number of ether oxygens (including phenoxy) is 1. The van der Waals surface area contributed by atoms with Crippen molar-refractivity contribution in [2.24, 2.45) is 5.92 Å². The molecule has 0 unspecified atom stereocenters. The van der Waals surface area contributed by atoms with E-state index in [1.54, 1.807) is 11.0 Å². The maximum absolute atomic E-state index is 12.2. The van der Waals surface area contributed by atoms with E-state index in [4.69, 9.17) is 9.15 Å². The van der Waals surface area contributed by atoms with Crippen molar-refractivity contribution in [3.8, 4) is 0 Å². The van der Waals surface area contributed by atoms with Crippen molar-refractivity contribution in [1.82, 2.24) is 9.88 Å². The molecule has 3 rings (SSSR count). The number of fused-ring (bicyclic) bond motifs is 1. The lowest BCUT2D eigenvalue weighted by molar-refractivity contribution is -0.384. The first-order valence-corrected chi connectivity index (χ1v) is 9.85. The fourth-order valence-electron chi connectivity index (χ4n) is 2.95. The molecular formula is C18H23N3O5S.